The van der Waals surface area contributed by atoms with E-state index < -0.39 is 0 Å². The Morgan fingerprint density at radius 1 is 1.33 bits per heavy atom. The Morgan fingerprint density at radius 3 is 2.86 bits per heavy atom. The van der Waals surface area contributed by atoms with Crippen LogP contribution in [0.15, 0.2) is 29.0 Å². The van der Waals surface area contributed by atoms with Crippen LogP contribution < -0.4 is 10.6 Å². The number of aromatic nitrogens is 2. The summed E-state index contributed by atoms with van der Waals surface area (Å²) >= 11 is 0. The Kier molecular flexibility index (Phi) is 5.45. The smallest absolute Gasteiger partial charge is 0.256 e. The van der Waals surface area contributed by atoms with Crippen molar-refractivity contribution in [2.45, 2.75) is 26.8 Å². The summed E-state index contributed by atoms with van der Waals surface area (Å²) in [5, 5.41) is 9.96. The molecule has 6 nitrogen and oxygen atoms in total. The SMILES string of the molecule is Cc1noc(C)c1C(=O)NCCCNCc1cccnc1. The molecule has 2 rings (SSSR count). The molecule has 2 heterocycles. The van der Waals surface area contributed by atoms with Crippen LogP contribution in [-0.2, 0) is 6.54 Å². The van der Waals surface area contributed by atoms with E-state index in [1.54, 1.807) is 20.0 Å². The van der Waals surface area contributed by atoms with Gasteiger partial charge in [-0.15, -0.1) is 0 Å². The minimum Gasteiger partial charge on any atom is -0.361 e. The molecule has 0 saturated carbocycles. The van der Waals surface area contributed by atoms with Crippen molar-refractivity contribution >= 4 is 5.91 Å². The highest BCUT2D eigenvalue weighted by Gasteiger charge is 2.16. The van der Waals surface area contributed by atoms with Gasteiger partial charge in [-0.25, -0.2) is 0 Å². The first-order chi connectivity index (χ1) is 10.2. The Morgan fingerprint density at radius 2 is 2.19 bits per heavy atom. The molecule has 2 aromatic heterocycles. The van der Waals surface area contributed by atoms with Crippen LogP contribution in [0.3, 0.4) is 0 Å². The minimum atomic E-state index is -0.126. The van der Waals surface area contributed by atoms with Gasteiger partial charge in [0.25, 0.3) is 5.91 Å². The summed E-state index contributed by atoms with van der Waals surface area (Å²) in [7, 11) is 0. The molecule has 0 spiro atoms. The van der Waals surface area contributed by atoms with Gasteiger partial charge in [-0.1, -0.05) is 11.2 Å². The van der Waals surface area contributed by atoms with Crippen molar-refractivity contribution < 1.29 is 9.32 Å². The molecular formula is C15H20N4O2. The summed E-state index contributed by atoms with van der Waals surface area (Å²) in [5.74, 6) is 0.429. The quantitative estimate of drug-likeness (QED) is 0.756. The predicted octanol–water partition coefficient (Wildman–Crippen LogP) is 1.60. The second-order valence-corrected chi connectivity index (χ2v) is 4.85. The lowest BCUT2D eigenvalue weighted by atomic mass is 10.2. The van der Waals surface area contributed by atoms with Crippen molar-refractivity contribution in [3.63, 3.8) is 0 Å². The summed E-state index contributed by atoms with van der Waals surface area (Å²) < 4.78 is 4.98. The van der Waals surface area contributed by atoms with Crippen LogP contribution in [0.25, 0.3) is 0 Å². The normalized spacial score (nSPS) is 10.6. The standard InChI is InChI=1S/C15H20N4O2/c1-11-14(12(2)21-19-11)15(20)18-8-4-7-17-10-13-5-3-6-16-9-13/h3,5-6,9,17H,4,7-8,10H2,1-2H3,(H,18,20). The van der Waals surface area contributed by atoms with Crippen molar-refractivity contribution in [2.24, 2.45) is 0 Å². The van der Waals surface area contributed by atoms with Gasteiger partial charge < -0.3 is 15.2 Å². The lowest BCUT2D eigenvalue weighted by molar-refractivity contribution is 0.0951. The van der Waals surface area contributed by atoms with Gasteiger partial charge in [-0.05, 0) is 38.4 Å². The van der Waals surface area contributed by atoms with E-state index in [0.29, 0.717) is 23.6 Å². The zero-order valence-electron chi connectivity index (χ0n) is 12.3. The van der Waals surface area contributed by atoms with Crippen LogP contribution in [0.1, 0.15) is 33.8 Å². The first-order valence-corrected chi connectivity index (χ1v) is 6.99. The van der Waals surface area contributed by atoms with Crippen molar-refractivity contribution in [2.75, 3.05) is 13.1 Å². The monoisotopic (exact) mass is 288 g/mol. The summed E-state index contributed by atoms with van der Waals surface area (Å²) in [4.78, 5) is 16.0. The Balaban J connectivity index is 1.63. The highest BCUT2D eigenvalue weighted by molar-refractivity contribution is 5.96. The van der Waals surface area contributed by atoms with E-state index in [1.165, 1.54) is 0 Å². The number of nitrogens with zero attached hydrogens (tertiary/aromatic N) is 2. The van der Waals surface area contributed by atoms with Gasteiger partial charge in [0.15, 0.2) is 0 Å². The first kappa shape index (κ1) is 15.2. The number of hydrogen-bond acceptors (Lipinski definition) is 5. The molecule has 0 radical (unpaired) electrons. The third-order valence-electron chi connectivity index (χ3n) is 3.13. The van der Waals surface area contributed by atoms with E-state index in [1.807, 2.05) is 18.3 Å². The highest BCUT2D eigenvalue weighted by atomic mass is 16.5. The Hall–Kier alpha value is -2.21. The van der Waals surface area contributed by atoms with E-state index in [4.69, 9.17) is 4.52 Å². The van der Waals surface area contributed by atoms with E-state index in [9.17, 15) is 4.79 Å². The fourth-order valence-electron chi connectivity index (χ4n) is 2.05. The third kappa shape index (κ3) is 4.39. The second kappa shape index (κ2) is 7.54. The van der Waals surface area contributed by atoms with Gasteiger partial charge in [-0.3, -0.25) is 9.78 Å². The summed E-state index contributed by atoms with van der Waals surface area (Å²) in [6, 6.07) is 3.94. The Bertz CT molecular complexity index is 561. The van der Waals surface area contributed by atoms with Gasteiger partial charge >= 0.3 is 0 Å². The second-order valence-electron chi connectivity index (χ2n) is 4.85. The number of amides is 1. The average Bonchev–Trinajstić information content (AvgIpc) is 2.83. The number of carbonyl (C=O) groups excluding carboxylic acids is 1. The topological polar surface area (TPSA) is 80.0 Å². The molecule has 0 aliphatic carbocycles. The Labute approximate surface area is 123 Å². The van der Waals surface area contributed by atoms with Gasteiger partial charge in [0, 0.05) is 25.5 Å². The summed E-state index contributed by atoms with van der Waals surface area (Å²) in [6.45, 7) is 5.73. The minimum absolute atomic E-state index is 0.126. The maximum Gasteiger partial charge on any atom is 0.256 e. The number of pyridine rings is 1. The van der Waals surface area contributed by atoms with E-state index >= 15 is 0 Å². The molecule has 0 saturated heterocycles. The molecule has 0 atom stereocenters. The number of hydrogen-bond donors (Lipinski definition) is 2. The lowest BCUT2D eigenvalue weighted by Gasteiger charge is -2.06. The number of carbonyl (C=O) groups is 1. The molecule has 0 bridgehead atoms. The maximum absolute atomic E-state index is 12.0. The number of rotatable bonds is 7. The molecule has 112 valence electrons. The van der Waals surface area contributed by atoms with Crippen molar-refractivity contribution in [3.8, 4) is 0 Å². The summed E-state index contributed by atoms with van der Waals surface area (Å²) in [5.41, 5.74) is 2.32. The number of nitrogens with one attached hydrogen (secondary N) is 2. The van der Waals surface area contributed by atoms with Gasteiger partial charge in [0.05, 0.1) is 5.69 Å². The lowest BCUT2D eigenvalue weighted by Crippen LogP contribution is -2.28. The van der Waals surface area contributed by atoms with Crippen LogP contribution in [-0.4, -0.2) is 29.1 Å². The molecule has 1 amide bonds. The van der Waals surface area contributed by atoms with Crippen LogP contribution in [0.5, 0.6) is 0 Å². The highest BCUT2D eigenvalue weighted by Crippen LogP contribution is 2.11. The van der Waals surface area contributed by atoms with Crippen LogP contribution in [0, 0.1) is 13.8 Å². The molecule has 0 unspecified atom stereocenters. The average molecular weight is 288 g/mol. The largest absolute Gasteiger partial charge is 0.361 e. The van der Waals surface area contributed by atoms with Crippen molar-refractivity contribution in [3.05, 3.63) is 47.1 Å². The fourth-order valence-corrected chi connectivity index (χ4v) is 2.05. The van der Waals surface area contributed by atoms with Gasteiger partial charge in [0.1, 0.15) is 11.3 Å². The van der Waals surface area contributed by atoms with Crippen molar-refractivity contribution in [1.29, 1.82) is 0 Å². The molecule has 0 aliphatic rings. The molecule has 6 heteroatoms. The number of aryl methyl sites for hydroxylation is 2. The maximum atomic E-state index is 12.0. The third-order valence-corrected chi connectivity index (χ3v) is 3.13. The predicted molar refractivity (Wildman–Crippen MR) is 78.9 cm³/mol. The van der Waals surface area contributed by atoms with Crippen LogP contribution in [0.4, 0.5) is 0 Å². The molecule has 0 aliphatic heterocycles. The fraction of sp³-hybridized carbons (Fsp3) is 0.400. The molecule has 0 fully saturated rings. The molecule has 2 aromatic rings. The molecule has 0 aromatic carbocycles. The molecule has 21 heavy (non-hydrogen) atoms. The van der Waals surface area contributed by atoms with Gasteiger partial charge in [0.2, 0.25) is 0 Å². The van der Waals surface area contributed by atoms with Crippen LogP contribution >= 0.6 is 0 Å². The zero-order chi connectivity index (χ0) is 15.1. The van der Waals surface area contributed by atoms with E-state index in [0.717, 1.165) is 25.1 Å². The molecule has 2 N–H and O–H groups in total. The van der Waals surface area contributed by atoms with E-state index in [-0.39, 0.29) is 5.91 Å². The van der Waals surface area contributed by atoms with Crippen molar-refractivity contribution in [1.82, 2.24) is 20.8 Å². The zero-order valence-corrected chi connectivity index (χ0v) is 12.3. The van der Waals surface area contributed by atoms with E-state index in [2.05, 4.69) is 20.8 Å². The van der Waals surface area contributed by atoms with Crippen LogP contribution in [0.2, 0.25) is 0 Å². The molecular weight excluding hydrogens is 268 g/mol. The van der Waals surface area contributed by atoms with Gasteiger partial charge in [-0.2, -0.15) is 0 Å². The summed E-state index contributed by atoms with van der Waals surface area (Å²) in [6.07, 6.45) is 4.45. The first-order valence-electron chi connectivity index (χ1n) is 6.99.